The summed E-state index contributed by atoms with van der Waals surface area (Å²) in [5.74, 6) is -0.602. The molecule has 1 rings (SSSR count). The van der Waals surface area contributed by atoms with E-state index in [0.717, 1.165) is 5.69 Å². The van der Waals surface area contributed by atoms with Gasteiger partial charge in [-0.25, -0.2) is 4.79 Å². The summed E-state index contributed by atoms with van der Waals surface area (Å²) in [6, 6.07) is 5.59. The highest BCUT2D eigenvalue weighted by Crippen LogP contribution is 1.98. The first kappa shape index (κ1) is 12.2. The highest BCUT2D eigenvalue weighted by molar-refractivity contribution is 5.82. The van der Waals surface area contributed by atoms with E-state index in [9.17, 15) is 9.59 Å². The lowest BCUT2D eigenvalue weighted by atomic mass is 10.2. The molecule has 5 heteroatoms. The van der Waals surface area contributed by atoms with E-state index in [-0.39, 0.29) is 0 Å². The Balaban J connectivity index is 2.38. The molecule has 0 radical (unpaired) electrons. The van der Waals surface area contributed by atoms with Crippen LogP contribution < -0.4 is 0 Å². The van der Waals surface area contributed by atoms with Crippen molar-refractivity contribution in [2.75, 3.05) is 13.6 Å². The van der Waals surface area contributed by atoms with E-state index in [1.165, 1.54) is 11.8 Å². The number of hydrogen-bond acceptors (Lipinski definition) is 4. The summed E-state index contributed by atoms with van der Waals surface area (Å²) in [4.78, 5) is 27.3. The SMILES string of the molecule is CC(=O)OC(=O)N(C)CCc1ccccn1. The van der Waals surface area contributed by atoms with Gasteiger partial charge in [0.05, 0.1) is 0 Å². The molecule has 1 aromatic rings. The van der Waals surface area contributed by atoms with Gasteiger partial charge in [-0.05, 0) is 12.1 Å². The number of carbonyl (C=O) groups is 2. The van der Waals surface area contributed by atoms with Gasteiger partial charge in [0.1, 0.15) is 0 Å². The minimum Gasteiger partial charge on any atom is -0.376 e. The van der Waals surface area contributed by atoms with Gasteiger partial charge in [-0.1, -0.05) is 6.07 Å². The molecule has 0 aliphatic heterocycles. The summed E-state index contributed by atoms with van der Waals surface area (Å²) in [6.45, 7) is 1.66. The Morgan fingerprint density at radius 1 is 1.44 bits per heavy atom. The lowest BCUT2D eigenvalue weighted by Gasteiger charge is -2.14. The molecule has 0 saturated heterocycles. The molecule has 1 aromatic heterocycles. The molecule has 0 unspecified atom stereocenters. The Bertz CT molecular complexity index is 365. The number of likely N-dealkylation sites (N-methyl/N-ethyl adjacent to an activating group) is 1. The van der Waals surface area contributed by atoms with E-state index in [1.807, 2.05) is 18.2 Å². The van der Waals surface area contributed by atoms with Crippen molar-refractivity contribution in [2.24, 2.45) is 0 Å². The van der Waals surface area contributed by atoms with Crippen LogP contribution in [0.1, 0.15) is 12.6 Å². The van der Waals surface area contributed by atoms with Crippen LogP contribution in [0.5, 0.6) is 0 Å². The molecule has 0 fully saturated rings. The first-order valence-electron chi connectivity index (χ1n) is 4.93. The van der Waals surface area contributed by atoms with E-state index in [4.69, 9.17) is 0 Å². The van der Waals surface area contributed by atoms with Crippen LogP contribution in [0.25, 0.3) is 0 Å². The van der Waals surface area contributed by atoms with E-state index in [0.29, 0.717) is 13.0 Å². The van der Waals surface area contributed by atoms with Crippen LogP contribution in [0.3, 0.4) is 0 Å². The quantitative estimate of drug-likeness (QED) is 0.570. The van der Waals surface area contributed by atoms with Gasteiger partial charge in [0.25, 0.3) is 0 Å². The fourth-order valence-corrected chi connectivity index (χ4v) is 1.12. The normalized spacial score (nSPS) is 9.62. The lowest BCUT2D eigenvalue weighted by molar-refractivity contribution is -0.135. The van der Waals surface area contributed by atoms with Crippen LogP contribution in [0.15, 0.2) is 24.4 Å². The molecule has 5 nitrogen and oxygen atoms in total. The number of ether oxygens (including phenoxy) is 1. The van der Waals surface area contributed by atoms with Crippen LogP contribution in [-0.4, -0.2) is 35.5 Å². The first-order valence-corrected chi connectivity index (χ1v) is 4.93. The first-order chi connectivity index (χ1) is 7.59. The third-order valence-corrected chi connectivity index (χ3v) is 1.97. The van der Waals surface area contributed by atoms with Crippen molar-refractivity contribution < 1.29 is 14.3 Å². The second-order valence-electron chi connectivity index (χ2n) is 3.35. The smallest absolute Gasteiger partial charge is 0.376 e. The van der Waals surface area contributed by atoms with Gasteiger partial charge in [-0.2, -0.15) is 0 Å². The number of pyridine rings is 1. The van der Waals surface area contributed by atoms with Crippen molar-refractivity contribution in [2.45, 2.75) is 13.3 Å². The van der Waals surface area contributed by atoms with Gasteiger partial charge in [0.15, 0.2) is 0 Å². The van der Waals surface area contributed by atoms with Crippen molar-refractivity contribution in [1.29, 1.82) is 0 Å². The molecule has 86 valence electrons. The number of nitrogens with zero attached hydrogens (tertiary/aromatic N) is 2. The minimum absolute atomic E-state index is 0.461. The van der Waals surface area contributed by atoms with Crippen LogP contribution in [0.2, 0.25) is 0 Å². The maximum atomic E-state index is 11.2. The van der Waals surface area contributed by atoms with E-state index in [2.05, 4.69) is 9.72 Å². The molecule has 1 amide bonds. The molecule has 1 heterocycles. The Morgan fingerprint density at radius 2 is 2.19 bits per heavy atom. The zero-order valence-corrected chi connectivity index (χ0v) is 9.34. The molecule has 0 spiro atoms. The van der Waals surface area contributed by atoms with E-state index < -0.39 is 12.1 Å². The Morgan fingerprint density at radius 3 is 2.75 bits per heavy atom. The third kappa shape index (κ3) is 4.08. The minimum atomic E-state index is -0.636. The van der Waals surface area contributed by atoms with Gasteiger partial charge in [-0.3, -0.25) is 9.78 Å². The summed E-state index contributed by atoms with van der Waals surface area (Å²) in [5, 5.41) is 0. The van der Waals surface area contributed by atoms with Crippen molar-refractivity contribution >= 4 is 12.1 Å². The molecular weight excluding hydrogens is 208 g/mol. The van der Waals surface area contributed by atoms with Crippen LogP contribution in [0, 0.1) is 0 Å². The lowest BCUT2D eigenvalue weighted by Crippen LogP contribution is -2.30. The third-order valence-electron chi connectivity index (χ3n) is 1.97. The van der Waals surface area contributed by atoms with Gasteiger partial charge in [0, 0.05) is 38.8 Å². The zero-order chi connectivity index (χ0) is 12.0. The fourth-order valence-electron chi connectivity index (χ4n) is 1.12. The molecule has 0 bridgehead atoms. The van der Waals surface area contributed by atoms with Crippen LogP contribution in [0.4, 0.5) is 4.79 Å². The summed E-state index contributed by atoms with van der Waals surface area (Å²) in [5.41, 5.74) is 0.893. The summed E-state index contributed by atoms with van der Waals surface area (Å²) in [7, 11) is 1.58. The van der Waals surface area contributed by atoms with E-state index >= 15 is 0 Å². The Kier molecular flexibility index (Phi) is 4.44. The topological polar surface area (TPSA) is 59.5 Å². The standard InChI is InChI=1S/C11H14N2O3/c1-9(14)16-11(15)13(2)8-6-10-5-3-4-7-12-10/h3-5,7H,6,8H2,1-2H3. The molecule has 0 atom stereocenters. The van der Waals surface area contributed by atoms with Crippen LogP contribution in [-0.2, 0) is 16.0 Å². The zero-order valence-electron chi connectivity index (χ0n) is 9.34. The highest BCUT2D eigenvalue weighted by Gasteiger charge is 2.11. The van der Waals surface area contributed by atoms with Gasteiger partial charge in [0.2, 0.25) is 0 Å². The second-order valence-corrected chi connectivity index (χ2v) is 3.35. The number of rotatable bonds is 3. The van der Waals surface area contributed by atoms with E-state index in [1.54, 1.807) is 13.2 Å². The second kappa shape index (κ2) is 5.85. The number of amides is 1. The average molecular weight is 222 g/mol. The summed E-state index contributed by atoms with van der Waals surface area (Å²) >= 11 is 0. The summed E-state index contributed by atoms with van der Waals surface area (Å²) < 4.78 is 4.43. The maximum Gasteiger partial charge on any atom is 0.417 e. The van der Waals surface area contributed by atoms with Crippen LogP contribution >= 0.6 is 0 Å². The van der Waals surface area contributed by atoms with Gasteiger partial charge in [-0.15, -0.1) is 0 Å². The van der Waals surface area contributed by atoms with Crippen molar-refractivity contribution in [3.8, 4) is 0 Å². The Hall–Kier alpha value is -1.91. The molecule has 0 aromatic carbocycles. The maximum absolute atomic E-state index is 11.2. The molecular formula is C11H14N2O3. The highest BCUT2D eigenvalue weighted by atomic mass is 16.6. The largest absolute Gasteiger partial charge is 0.417 e. The monoisotopic (exact) mass is 222 g/mol. The van der Waals surface area contributed by atoms with Gasteiger partial charge < -0.3 is 9.64 Å². The fraction of sp³-hybridized carbons (Fsp3) is 0.364. The predicted molar refractivity (Wildman–Crippen MR) is 57.7 cm³/mol. The van der Waals surface area contributed by atoms with Crippen molar-refractivity contribution in [3.63, 3.8) is 0 Å². The molecule has 16 heavy (non-hydrogen) atoms. The van der Waals surface area contributed by atoms with Crippen molar-refractivity contribution in [3.05, 3.63) is 30.1 Å². The predicted octanol–water partition coefficient (Wildman–Crippen LogP) is 1.24. The molecule has 0 N–H and O–H groups in total. The molecule has 0 aliphatic carbocycles. The molecule has 0 saturated carbocycles. The number of aromatic nitrogens is 1. The Labute approximate surface area is 94.0 Å². The average Bonchev–Trinajstić information content (AvgIpc) is 2.26. The van der Waals surface area contributed by atoms with Crippen molar-refractivity contribution in [1.82, 2.24) is 9.88 Å². The summed E-state index contributed by atoms with van der Waals surface area (Å²) in [6.07, 6.45) is 1.69. The number of carbonyl (C=O) groups excluding carboxylic acids is 2. The van der Waals surface area contributed by atoms with Gasteiger partial charge >= 0.3 is 12.1 Å². The number of hydrogen-bond donors (Lipinski definition) is 0. The number of esters is 1. The molecule has 0 aliphatic rings.